The molecule has 9 heteroatoms. The molecule has 1 N–H and O–H groups in total. The number of nitrogens with one attached hydrogen (secondary N) is 1. The van der Waals surface area contributed by atoms with Crippen molar-refractivity contribution in [2.75, 3.05) is 12.0 Å². The van der Waals surface area contributed by atoms with Crippen molar-refractivity contribution in [2.45, 2.75) is 12.5 Å². The smallest absolute Gasteiger partial charge is 0.273 e. The largest absolute Gasteiger partial charge is 0.497 e. The number of nitrogens with zero attached hydrogens (tertiary/aromatic N) is 3. The van der Waals surface area contributed by atoms with Gasteiger partial charge in [0.2, 0.25) is 5.91 Å². The summed E-state index contributed by atoms with van der Waals surface area (Å²) in [6.45, 7) is 0. The van der Waals surface area contributed by atoms with E-state index in [1.807, 2.05) is 0 Å². The van der Waals surface area contributed by atoms with E-state index in [0.717, 1.165) is 9.91 Å². The fraction of sp³-hybridized carbons (Fsp3) is 0.125. The SMILES string of the molecule is COc1cccc(N2C(=O)CC(N(NC(=O)c3cccnc3)C(=O)c3ccccc3)C2=O)c1. The summed E-state index contributed by atoms with van der Waals surface area (Å²) in [6.07, 6.45) is 2.56. The summed E-state index contributed by atoms with van der Waals surface area (Å²) in [4.78, 5) is 57.1. The first kappa shape index (κ1) is 21.7. The number of benzene rings is 2. The molecule has 4 amide bonds. The first-order chi connectivity index (χ1) is 16.0. The van der Waals surface area contributed by atoms with Crippen molar-refractivity contribution in [3.63, 3.8) is 0 Å². The number of pyridine rings is 1. The zero-order chi connectivity index (χ0) is 23.4. The summed E-state index contributed by atoms with van der Waals surface area (Å²) < 4.78 is 5.18. The molecule has 9 nitrogen and oxygen atoms in total. The highest BCUT2D eigenvalue weighted by molar-refractivity contribution is 6.23. The summed E-state index contributed by atoms with van der Waals surface area (Å²) in [5.41, 5.74) is 3.27. The van der Waals surface area contributed by atoms with Crippen LogP contribution in [0, 0.1) is 0 Å². The molecule has 0 spiro atoms. The predicted molar refractivity (Wildman–Crippen MR) is 118 cm³/mol. The number of carbonyl (C=O) groups excluding carboxylic acids is 4. The maximum Gasteiger partial charge on any atom is 0.273 e. The molecule has 0 bridgehead atoms. The van der Waals surface area contributed by atoms with Crippen molar-refractivity contribution in [1.29, 1.82) is 0 Å². The standard InChI is InChI=1S/C24H20N4O5/c1-33-19-11-5-10-18(13-19)27-21(29)14-20(24(27)32)28(23(31)16-7-3-2-4-8-16)26-22(30)17-9-6-12-25-15-17/h2-13,15,20H,14H2,1H3,(H,26,30). The van der Waals surface area contributed by atoms with E-state index in [2.05, 4.69) is 10.4 Å². The van der Waals surface area contributed by atoms with Crippen LogP contribution >= 0.6 is 0 Å². The lowest BCUT2D eigenvalue weighted by molar-refractivity contribution is -0.122. The highest BCUT2D eigenvalue weighted by atomic mass is 16.5. The van der Waals surface area contributed by atoms with Crippen molar-refractivity contribution in [1.82, 2.24) is 15.4 Å². The molecule has 1 aromatic heterocycles. The highest BCUT2D eigenvalue weighted by Gasteiger charge is 2.45. The lowest BCUT2D eigenvalue weighted by atomic mass is 10.1. The number of carbonyl (C=O) groups is 4. The van der Waals surface area contributed by atoms with Gasteiger partial charge in [-0.2, -0.15) is 0 Å². The number of hydrazine groups is 1. The molecule has 33 heavy (non-hydrogen) atoms. The van der Waals surface area contributed by atoms with Crippen LogP contribution in [0.4, 0.5) is 5.69 Å². The summed E-state index contributed by atoms with van der Waals surface area (Å²) in [7, 11) is 1.48. The number of hydrogen-bond donors (Lipinski definition) is 1. The molecule has 1 aliphatic heterocycles. The summed E-state index contributed by atoms with van der Waals surface area (Å²) in [6, 6.07) is 16.6. The normalized spacial score (nSPS) is 15.3. The van der Waals surface area contributed by atoms with Crippen LogP contribution in [0.15, 0.2) is 79.1 Å². The van der Waals surface area contributed by atoms with Crippen molar-refractivity contribution < 1.29 is 23.9 Å². The van der Waals surface area contributed by atoms with E-state index in [4.69, 9.17) is 4.74 Å². The van der Waals surface area contributed by atoms with Gasteiger partial charge < -0.3 is 4.74 Å². The van der Waals surface area contributed by atoms with Crippen LogP contribution in [-0.4, -0.2) is 46.8 Å². The Hall–Kier alpha value is -4.53. The monoisotopic (exact) mass is 444 g/mol. The van der Waals surface area contributed by atoms with E-state index < -0.39 is 29.7 Å². The molecule has 2 heterocycles. The van der Waals surface area contributed by atoms with Gasteiger partial charge >= 0.3 is 0 Å². The number of rotatable bonds is 5. The van der Waals surface area contributed by atoms with Crippen LogP contribution in [0.5, 0.6) is 5.75 Å². The Morgan fingerprint density at radius 3 is 2.48 bits per heavy atom. The van der Waals surface area contributed by atoms with E-state index in [9.17, 15) is 19.2 Å². The lowest BCUT2D eigenvalue weighted by Gasteiger charge is -2.28. The Bertz CT molecular complexity index is 1200. The van der Waals surface area contributed by atoms with Crippen molar-refractivity contribution in [3.05, 3.63) is 90.3 Å². The minimum Gasteiger partial charge on any atom is -0.497 e. The molecule has 4 rings (SSSR count). The number of amides is 4. The topological polar surface area (TPSA) is 109 Å². The van der Waals surface area contributed by atoms with Gasteiger partial charge in [0.1, 0.15) is 11.8 Å². The molecule has 166 valence electrons. The third-order valence-corrected chi connectivity index (χ3v) is 5.13. The van der Waals surface area contributed by atoms with Crippen LogP contribution < -0.4 is 15.1 Å². The van der Waals surface area contributed by atoms with Gasteiger partial charge in [-0.05, 0) is 36.4 Å². The number of imide groups is 1. The molecule has 3 aromatic rings. The molecule has 1 fully saturated rings. The molecule has 1 saturated heterocycles. The van der Waals surface area contributed by atoms with E-state index in [-0.39, 0.29) is 17.5 Å². The van der Waals surface area contributed by atoms with Gasteiger partial charge in [0.05, 0.1) is 24.8 Å². The number of aromatic nitrogens is 1. The quantitative estimate of drug-likeness (QED) is 0.477. The average Bonchev–Trinajstić information content (AvgIpc) is 3.16. The molecule has 0 radical (unpaired) electrons. The zero-order valence-corrected chi connectivity index (χ0v) is 17.7. The van der Waals surface area contributed by atoms with E-state index in [0.29, 0.717) is 11.4 Å². The van der Waals surface area contributed by atoms with Gasteiger partial charge in [0, 0.05) is 24.0 Å². The molecule has 1 atom stereocenters. The van der Waals surface area contributed by atoms with Crippen LogP contribution in [-0.2, 0) is 9.59 Å². The highest BCUT2D eigenvalue weighted by Crippen LogP contribution is 2.28. The second-order valence-corrected chi connectivity index (χ2v) is 7.21. The third kappa shape index (κ3) is 4.42. The molecule has 2 aromatic carbocycles. The van der Waals surface area contributed by atoms with Crippen LogP contribution in [0.2, 0.25) is 0 Å². The third-order valence-electron chi connectivity index (χ3n) is 5.13. The summed E-state index contributed by atoms with van der Waals surface area (Å²) in [5.74, 6) is -1.92. The number of methoxy groups -OCH3 is 1. The van der Waals surface area contributed by atoms with Gasteiger partial charge in [-0.15, -0.1) is 0 Å². The van der Waals surface area contributed by atoms with E-state index in [1.54, 1.807) is 60.7 Å². The fourth-order valence-corrected chi connectivity index (χ4v) is 3.50. The van der Waals surface area contributed by atoms with Gasteiger partial charge in [-0.1, -0.05) is 24.3 Å². The van der Waals surface area contributed by atoms with Crippen LogP contribution in [0.3, 0.4) is 0 Å². The Balaban J connectivity index is 1.67. The Morgan fingerprint density at radius 1 is 1.03 bits per heavy atom. The molecular formula is C24H20N4O5. The second-order valence-electron chi connectivity index (χ2n) is 7.21. The maximum absolute atomic E-state index is 13.3. The van der Waals surface area contributed by atoms with Crippen molar-refractivity contribution in [2.24, 2.45) is 0 Å². The summed E-state index contributed by atoms with van der Waals surface area (Å²) >= 11 is 0. The first-order valence-corrected chi connectivity index (χ1v) is 10.1. The number of anilines is 1. The van der Waals surface area contributed by atoms with E-state index >= 15 is 0 Å². The molecule has 1 aliphatic rings. The maximum atomic E-state index is 13.3. The van der Waals surface area contributed by atoms with Crippen LogP contribution in [0.1, 0.15) is 27.1 Å². The molecule has 0 saturated carbocycles. The minimum atomic E-state index is -1.22. The first-order valence-electron chi connectivity index (χ1n) is 10.1. The molecule has 1 unspecified atom stereocenters. The van der Waals surface area contributed by atoms with Crippen molar-refractivity contribution >= 4 is 29.3 Å². The van der Waals surface area contributed by atoms with Gasteiger partial charge in [-0.3, -0.25) is 29.6 Å². The van der Waals surface area contributed by atoms with Crippen molar-refractivity contribution in [3.8, 4) is 5.75 Å². The average molecular weight is 444 g/mol. The van der Waals surface area contributed by atoms with Gasteiger partial charge in [0.15, 0.2) is 0 Å². The zero-order valence-electron chi connectivity index (χ0n) is 17.7. The molecule has 0 aliphatic carbocycles. The fourth-order valence-electron chi connectivity index (χ4n) is 3.50. The number of ether oxygens (including phenoxy) is 1. The predicted octanol–water partition coefficient (Wildman–Crippen LogP) is 2.21. The Kier molecular flexibility index (Phi) is 6.12. The van der Waals surface area contributed by atoms with Crippen LogP contribution in [0.25, 0.3) is 0 Å². The molecular weight excluding hydrogens is 424 g/mol. The van der Waals surface area contributed by atoms with E-state index in [1.165, 1.54) is 25.6 Å². The van der Waals surface area contributed by atoms with Gasteiger partial charge in [0.25, 0.3) is 17.7 Å². The number of hydrogen-bond acceptors (Lipinski definition) is 6. The second kappa shape index (κ2) is 9.31. The Morgan fingerprint density at radius 2 is 1.79 bits per heavy atom. The van der Waals surface area contributed by atoms with Gasteiger partial charge in [-0.25, -0.2) is 9.91 Å². The summed E-state index contributed by atoms with van der Waals surface area (Å²) in [5, 5.41) is 0.922. The Labute approximate surface area is 189 Å². The minimum absolute atomic E-state index is 0.199. The lowest BCUT2D eigenvalue weighted by Crippen LogP contribution is -2.54.